The number of Topliss-reactive ketones (excluding diaryl/α,β-unsaturated/α-hetero) is 1. The molecule has 0 spiro atoms. The van der Waals surface area contributed by atoms with Crippen molar-refractivity contribution >= 4 is 17.4 Å². The number of amides is 1. The van der Waals surface area contributed by atoms with Gasteiger partial charge in [0.05, 0.1) is 39.0 Å². The second-order valence-electron chi connectivity index (χ2n) is 8.40. The zero-order valence-corrected chi connectivity index (χ0v) is 19.7. The first kappa shape index (κ1) is 23.8. The topological polar surface area (TPSA) is 88.5 Å². The Kier molecular flexibility index (Phi) is 7.19. The minimum absolute atomic E-state index is 0.0439. The molecule has 2 aliphatic rings. The number of aryl methyl sites for hydroxylation is 1. The largest absolute Gasteiger partial charge is 0.507 e. The Bertz CT molecular complexity index is 1090. The number of hydrogen-bond donors (Lipinski definition) is 1. The van der Waals surface area contributed by atoms with Gasteiger partial charge < -0.3 is 24.2 Å². The molecule has 2 fully saturated rings. The number of carbonyl (C=O) groups is 2. The van der Waals surface area contributed by atoms with Crippen molar-refractivity contribution in [3.63, 3.8) is 0 Å². The van der Waals surface area contributed by atoms with E-state index < -0.39 is 17.7 Å². The molecule has 2 heterocycles. The van der Waals surface area contributed by atoms with Crippen LogP contribution in [0.15, 0.2) is 48.0 Å². The summed E-state index contributed by atoms with van der Waals surface area (Å²) in [4.78, 5) is 30.2. The number of methoxy groups -OCH3 is 2. The number of para-hydroxylation sites is 1. The number of ether oxygens (including phenoxy) is 3. The number of rotatable bonds is 7. The number of morpholine rings is 1. The van der Waals surface area contributed by atoms with E-state index in [4.69, 9.17) is 14.2 Å². The summed E-state index contributed by atoms with van der Waals surface area (Å²) in [5, 5.41) is 11.2. The van der Waals surface area contributed by atoms with E-state index in [2.05, 4.69) is 4.90 Å². The first-order valence-corrected chi connectivity index (χ1v) is 11.3. The average molecular weight is 467 g/mol. The SMILES string of the molecule is COc1cccc([C@@H]2/C(=C(\O)c3ccc(C)cc3)C(=O)C(=O)N2CCN2CCOCC2)c1OC. The van der Waals surface area contributed by atoms with Crippen LogP contribution in [0.4, 0.5) is 0 Å². The second-order valence-corrected chi connectivity index (χ2v) is 8.40. The normalized spacial score (nSPS) is 20.6. The van der Waals surface area contributed by atoms with Gasteiger partial charge in [-0.1, -0.05) is 42.0 Å². The summed E-state index contributed by atoms with van der Waals surface area (Å²) in [5.74, 6) is -0.661. The van der Waals surface area contributed by atoms with Gasteiger partial charge in [-0.25, -0.2) is 0 Å². The molecule has 1 atom stereocenters. The fraction of sp³-hybridized carbons (Fsp3) is 0.385. The Morgan fingerprint density at radius 2 is 1.74 bits per heavy atom. The number of aliphatic hydroxyl groups excluding tert-OH is 1. The molecule has 8 nitrogen and oxygen atoms in total. The smallest absolute Gasteiger partial charge is 0.295 e. The fourth-order valence-corrected chi connectivity index (χ4v) is 4.50. The van der Waals surface area contributed by atoms with Crippen LogP contribution < -0.4 is 9.47 Å². The van der Waals surface area contributed by atoms with Crippen LogP contribution in [0.2, 0.25) is 0 Å². The molecule has 4 rings (SSSR count). The minimum Gasteiger partial charge on any atom is -0.507 e. The highest BCUT2D eigenvalue weighted by Crippen LogP contribution is 2.45. The van der Waals surface area contributed by atoms with Gasteiger partial charge in [0.25, 0.3) is 11.7 Å². The van der Waals surface area contributed by atoms with Gasteiger partial charge in [-0.05, 0) is 13.0 Å². The summed E-state index contributed by atoms with van der Waals surface area (Å²) >= 11 is 0. The predicted octanol–water partition coefficient (Wildman–Crippen LogP) is 2.77. The fourth-order valence-electron chi connectivity index (χ4n) is 4.50. The summed E-state index contributed by atoms with van der Waals surface area (Å²) < 4.78 is 16.5. The first-order valence-electron chi connectivity index (χ1n) is 11.3. The highest BCUT2D eigenvalue weighted by Gasteiger charge is 2.47. The number of hydrogen-bond acceptors (Lipinski definition) is 7. The van der Waals surface area contributed by atoms with Gasteiger partial charge in [-0.2, -0.15) is 0 Å². The maximum Gasteiger partial charge on any atom is 0.295 e. The lowest BCUT2D eigenvalue weighted by Gasteiger charge is -2.31. The Balaban J connectivity index is 1.81. The molecule has 0 saturated carbocycles. The van der Waals surface area contributed by atoms with Crippen molar-refractivity contribution in [1.82, 2.24) is 9.80 Å². The molecule has 2 aromatic rings. The van der Waals surface area contributed by atoms with Gasteiger partial charge in [-0.3, -0.25) is 14.5 Å². The molecule has 34 heavy (non-hydrogen) atoms. The molecule has 0 unspecified atom stereocenters. The minimum atomic E-state index is -0.813. The van der Waals surface area contributed by atoms with Crippen LogP contribution in [0, 0.1) is 6.92 Å². The van der Waals surface area contributed by atoms with Crippen LogP contribution in [0.3, 0.4) is 0 Å². The van der Waals surface area contributed by atoms with E-state index in [-0.39, 0.29) is 11.3 Å². The van der Waals surface area contributed by atoms with Crippen molar-refractivity contribution in [2.75, 3.05) is 53.6 Å². The molecule has 0 radical (unpaired) electrons. The standard InChI is InChI=1S/C26H30N2O6/c1-17-7-9-18(10-8-17)23(29)21-22(19-5-4-6-20(32-2)25(19)33-3)28(26(31)24(21)30)12-11-27-13-15-34-16-14-27/h4-10,22,29H,11-16H2,1-3H3/b23-21+/t22-/m1/s1. The maximum absolute atomic E-state index is 13.3. The second kappa shape index (κ2) is 10.3. The van der Waals surface area contributed by atoms with Crippen molar-refractivity contribution in [3.05, 3.63) is 64.7 Å². The van der Waals surface area contributed by atoms with E-state index in [1.54, 1.807) is 30.3 Å². The molecular weight excluding hydrogens is 436 g/mol. The first-order chi connectivity index (χ1) is 16.5. The van der Waals surface area contributed by atoms with Crippen molar-refractivity contribution in [2.45, 2.75) is 13.0 Å². The monoisotopic (exact) mass is 466 g/mol. The van der Waals surface area contributed by atoms with E-state index in [0.717, 1.165) is 18.7 Å². The third-order valence-corrected chi connectivity index (χ3v) is 6.35. The third-order valence-electron chi connectivity index (χ3n) is 6.35. The van der Waals surface area contributed by atoms with Gasteiger partial charge in [0.15, 0.2) is 11.5 Å². The molecule has 0 aliphatic carbocycles. The van der Waals surface area contributed by atoms with Crippen LogP contribution in [-0.4, -0.2) is 80.2 Å². The zero-order valence-electron chi connectivity index (χ0n) is 19.7. The van der Waals surface area contributed by atoms with Gasteiger partial charge in [0.1, 0.15) is 5.76 Å². The Morgan fingerprint density at radius 1 is 1.03 bits per heavy atom. The Morgan fingerprint density at radius 3 is 2.38 bits per heavy atom. The van der Waals surface area contributed by atoms with E-state index in [9.17, 15) is 14.7 Å². The third kappa shape index (κ3) is 4.51. The number of benzene rings is 2. The van der Waals surface area contributed by atoms with E-state index in [0.29, 0.717) is 48.9 Å². The van der Waals surface area contributed by atoms with Crippen LogP contribution in [0.5, 0.6) is 11.5 Å². The lowest BCUT2D eigenvalue weighted by Crippen LogP contribution is -2.42. The molecule has 180 valence electrons. The lowest BCUT2D eigenvalue weighted by atomic mass is 9.94. The van der Waals surface area contributed by atoms with Crippen LogP contribution in [0.25, 0.3) is 5.76 Å². The summed E-state index contributed by atoms with van der Waals surface area (Å²) in [6.07, 6.45) is 0. The van der Waals surface area contributed by atoms with E-state index in [1.807, 2.05) is 19.1 Å². The summed E-state index contributed by atoms with van der Waals surface area (Å²) in [7, 11) is 3.05. The van der Waals surface area contributed by atoms with Crippen molar-refractivity contribution < 1.29 is 28.9 Å². The van der Waals surface area contributed by atoms with Crippen molar-refractivity contribution in [1.29, 1.82) is 0 Å². The van der Waals surface area contributed by atoms with Gasteiger partial charge in [0.2, 0.25) is 0 Å². The predicted molar refractivity (Wildman–Crippen MR) is 127 cm³/mol. The highest BCUT2D eigenvalue weighted by atomic mass is 16.5. The van der Waals surface area contributed by atoms with Gasteiger partial charge in [0, 0.05) is 37.3 Å². The number of nitrogens with zero attached hydrogens (tertiary/aromatic N) is 2. The molecule has 2 aliphatic heterocycles. The van der Waals surface area contributed by atoms with E-state index in [1.165, 1.54) is 19.1 Å². The van der Waals surface area contributed by atoms with Gasteiger partial charge >= 0.3 is 0 Å². The van der Waals surface area contributed by atoms with Gasteiger partial charge in [-0.15, -0.1) is 0 Å². The number of carbonyl (C=O) groups excluding carboxylic acids is 2. The molecule has 1 amide bonds. The molecule has 0 bridgehead atoms. The van der Waals surface area contributed by atoms with Crippen molar-refractivity contribution in [2.24, 2.45) is 0 Å². The Labute approximate surface area is 199 Å². The molecular formula is C26H30N2O6. The maximum atomic E-state index is 13.3. The van der Waals surface area contributed by atoms with Crippen LogP contribution in [-0.2, 0) is 14.3 Å². The quantitative estimate of drug-likeness (QED) is 0.381. The molecule has 1 N–H and O–H groups in total. The number of likely N-dealkylation sites (tertiary alicyclic amines) is 1. The van der Waals surface area contributed by atoms with Crippen LogP contribution in [0.1, 0.15) is 22.7 Å². The number of ketones is 1. The Hall–Kier alpha value is -3.36. The van der Waals surface area contributed by atoms with Crippen molar-refractivity contribution in [3.8, 4) is 11.5 Å². The molecule has 2 saturated heterocycles. The summed E-state index contributed by atoms with van der Waals surface area (Å²) in [6, 6.07) is 11.7. The zero-order chi connectivity index (χ0) is 24.2. The number of aliphatic hydroxyl groups is 1. The van der Waals surface area contributed by atoms with E-state index >= 15 is 0 Å². The summed E-state index contributed by atoms with van der Waals surface area (Å²) in [5.41, 5.74) is 2.12. The molecule has 2 aromatic carbocycles. The average Bonchev–Trinajstić information content (AvgIpc) is 3.12. The van der Waals surface area contributed by atoms with Crippen LogP contribution >= 0.6 is 0 Å². The lowest BCUT2D eigenvalue weighted by molar-refractivity contribution is -0.140. The summed E-state index contributed by atoms with van der Waals surface area (Å²) in [6.45, 7) is 5.65. The molecule has 8 heteroatoms. The molecule has 0 aromatic heterocycles. The highest BCUT2D eigenvalue weighted by molar-refractivity contribution is 6.46.